The van der Waals surface area contributed by atoms with Crippen LogP contribution >= 0.6 is 11.6 Å². The molecule has 0 aliphatic carbocycles. The van der Waals surface area contributed by atoms with Crippen molar-refractivity contribution in [2.45, 2.75) is 19.9 Å². The lowest BCUT2D eigenvalue weighted by atomic mass is 10.4. The molecule has 0 spiro atoms. The third kappa shape index (κ3) is 4.43. The summed E-state index contributed by atoms with van der Waals surface area (Å²) >= 11 is 5.97. The predicted molar refractivity (Wildman–Crippen MR) is 77.4 cm³/mol. The largest absolute Gasteiger partial charge is 0.380 e. The predicted octanol–water partition coefficient (Wildman–Crippen LogP) is 1.20. The molecule has 0 radical (unpaired) electrons. The summed E-state index contributed by atoms with van der Waals surface area (Å²) in [5.41, 5.74) is 0. The molecular formula is C12H20ClN5O2. The van der Waals surface area contributed by atoms with Crippen molar-refractivity contribution in [1.82, 2.24) is 15.0 Å². The zero-order chi connectivity index (χ0) is 14.4. The van der Waals surface area contributed by atoms with Crippen LogP contribution in [0.5, 0.6) is 0 Å². The van der Waals surface area contributed by atoms with Crippen LogP contribution in [0.2, 0.25) is 5.28 Å². The lowest BCUT2D eigenvalue weighted by molar-refractivity contribution is 0.122. The van der Waals surface area contributed by atoms with Gasteiger partial charge in [0.25, 0.3) is 0 Å². The van der Waals surface area contributed by atoms with E-state index in [1.54, 1.807) is 0 Å². The highest BCUT2D eigenvalue weighted by molar-refractivity contribution is 6.28. The molecule has 2 heterocycles. The molecule has 8 heteroatoms. The summed E-state index contributed by atoms with van der Waals surface area (Å²) in [6.45, 7) is 8.10. The first-order chi connectivity index (χ1) is 9.69. The summed E-state index contributed by atoms with van der Waals surface area (Å²) in [5.74, 6) is 1.05. The minimum absolute atomic E-state index is 0.103. The van der Waals surface area contributed by atoms with Crippen molar-refractivity contribution >= 4 is 23.5 Å². The first-order valence-electron chi connectivity index (χ1n) is 6.77. The topological polar surface area (TPSA) is 72.4 Å². The molecule has 1 aliphatic rings. The van der Waals surface area contributed by atoms with Crippen LogP contribution in [0.3, 0.4) is 0 Å². The van der Waals surface area contributed by atoms with E-state index in [4.69, 9.17) is 21.1 Å². The smallest absolute Gasteiger partial charge is 0.231 e. The first kappa shape index (κ1) is 15.2. The number of hydrogen-bond donors (Lipinski definition) is 1. The summed E-state index contributed by atoms with van der Waals surface area (Å²) in [6.07, 6.45) is 0. The van der Waals surface area contributed by atoms with Crippen LogP contribution in [0.25, 0.3) is 0 Å². The highest BCUT2D eigenvalue weighted by atomic mass is 35.5. The van der Waals surface area contributed by atoms with Gasteiger partial charge in [-0.1, -0.05) is 0 Å². The molecule has 1 saturated heterocycles. The maximum Gasteiger partial charge on any atom is 0.231 e. The van der Waals surface area contributed by atoms with E-state index in [1.807, 2.05) is 18.7 Å². The SMILES string of the molecule is CCOCC(C)Nc1nc(Cl)nc(N2CCOCC2)n1. The lowest BCUT2D eigenvalue weighted by Crippen LogP contribution is -2.37. The number of ether oxygens (including phenoxy) is 2. The quantitative estimate of drug-likeness (QED) is 0.846. The fourth-order valence-corrected chi connectivity index (χ4v) is 2.02. The van der Waals surface area contributed by atoms with E-state index in [1.165, 1.54) is 0 Å². The average Bonchev–Trinajstić information content (AvgIpc) is 2.45. The van der Waals surface area contributed by atoms with Crippen LogP contribution in [0.15, 0.2) is 0 Å². The molecule has 1 aromatic heterocycles. The minimum atomic E-state index is 0.103. The summed E-state index contributed by atoms with van der Waals surface area (Å²) in [5, 5.41) is 3.36. The molecule has 0 aromatic carbocycles. The number of aromatic nitrogens is 3. The molecule has 1 atom stereocenters. The lowest BCUT2D eigenvalue weighted by Gasteiger charge is -2.27. The highest BCUT2D eigenvalue weighted by Crippen LogP contribution is 2.15. The number of nitrogens with zero attached hydrogens (tertiary/aromatic N) is 4. The molecule has 112 valence electrons. The van der Waals surface area contributed by atoms with E-state index in [0.29, 0.717) is 38.3 Å². The van der Waals surface area contributed by atoms with Crippen molar-refractivity contribution < 1.29 is 9.47 Å². The molecule has 0 amide bonds. The van der Waals surface area contributed by atoms with E-state index in [2.05, 4.69) is 20.3 Å². The van der Waals surface area contributed by atoms with Crippen molar-refractivity contribution in [3.05, 3.63) is 5.28 Å². The van der Waals surface area contributed by atoms with Gasteiger partial charge in [0.2, 0.25) is 17.2 Å². The van der Waals surface area contributed by atoms with Crippen LogP contribution in [-0.2, 0) is 9.47 Å². The Balaban J connectivity index is 2.03. The van der Waals surface area contributed by atoms with Gasteiger partial charge < -0.3 is 19.7 Å². The summed E-state index contributed by atoms with van der Waals surface area (Å²) in [6, 6.07) is 0.103. The number of halogens is 1. The fraction of sp³-hybridized carbons (Fsp3) is 0.750. The van der Waals surface area contributed by atoms with Crippen LogP contribution in [-0.4, -0.2) is 60.5 Å². The minimum Gasteiger partial charge on any atom is -0.380 e. The Hall–Kier alpha value is -1.18. The Morgan fingerprint density at radius 1 is 1.35 bits per heavy atom. The maximum atomic E-state index is 5.97. The molecule has 0 saturated carbocycles. The van der Waals surface area contributed by atoms with E-state index >= 15 is 0 Å². The Labute approximate surface area is 123 Å². The second kappa shape index (κ2) is 7.56. The third-order valence-electron chi connectivity index (χ3n) is 2.84. The Morgan fingerprint density at radius 3 is 2.80 bits per heavy atom. The second-order valence-corrected chi connectivity index (χ2v) is 4.87. The molecule has 20 heavy (non-hydrogen) atoms. The van der Waals surface area contributed by atoms with Crippen LogP contribution < -0.4 is 10.2 Å². The number of anilines is 2. The Kier molecular flexibility index (Phi) is 5.75. The van der Waals surface area contributed by atoms with Crippen molar-refractivity contribution in [3.8, 4) is 0 Å². The monoisotopic (exact) mass is 301 g/mol. The Bertz CT molecular complexity index is 428. The van der Waals surface area contributed by atoms with Gasteiger partial charge in [0.15, 0.2) is 0 Å². The normalized spacial score (nSPS) is 17.1. The van der Waals surface area contributed by atoms with Gasteiger partial charge in [0, 0.05) is 25.7 Å². The number of hydrogen-bond acceptors (Lipinski definition) is 7. The number of nitrogens with one attached hydrogen (secondary N) is 1. The average molecular weight is 302 g/mol. The summed E-state index contributed by atoms with van der Waals surface area (Å²) in [7, 11) is 0. The molecule has 1 fully saturated rings. The molecule has 7 nitrogen and oxygen atoms in total. The zero-order valence-corrected chi connectivity index (χ0v) is 12.6. The highest BCUT2D eigenvalue weighted by Gasteiger charge is 2.16. The summed E-state index contributed by atoms with van der Waals surface area (Å²) in [4.78, 5) is 14.7. The maximum absolute atomic E-state index is 5.97. The van der Waals surface area contributed by atoms with Gasteiger partial charge in [0.1, 0.15) is 0 Å². The van der Waals surface area contributed by atoms with Gasteiger partial charge in [-0.3, -0.25) is 0 Å². The van der Waals surface area contributed by atoms with Crippen molar-refractivity contribution in [1.29, 1.82) is 0 Å². The molecule has 1 N–H and O–H groups in total. The van der Waals surface area contributed by atoms with Gasteiger partial charge in [-0.25, -0.2) is 0 Å². The Morgan fingerprint density at radius 2 is 2.10 bits per heavy atom. The van der Waals surface area contributed by atoms with E-state index in [9.17, 15) is 0 Å². The fourth-order valence-electron chi connectivity index (χ4n) is 1.87. The summed E-state index contributed by atoms with van der Waals surface area (Å²) < 4.78 is 10.7. The molecule has 0 bridgehead atoms. The van der Waals surface area contributed by atoms with Crippen LogP contribution in [0.4, 0.5) is 11.9 Å². The van der Waals surface area contributed by atoms with E-state index < -0.39 is 0 Å². The standard InChI is InChI=1S/C12H20ClN5O2/c1-3-19-8-9(2)14-11-15-10(13)16-12(17-11)18-4-6-20-7-5-18/h9H,3-8H2,1-2H3,(H,14,15,16,17). The van der Waals surface area contributed by atoms with Gasteiger partial charge >= 0.3 is 0 Å². The van der Waals surface area contributed by atoms with Gasteiger partial charge in [0.05, 0.1) is 19.8 Å². The van der Waals surface area contributed by atoms with Gasteiger partial charge in [-0.05, 0) is 25.4 Å². The van der Waals surface area contributed by atoms with Crippen molar-refractivity contribution in [2.75, 3.05) is 49.7 Å². The van der Waals surface area contributed by atoms with Crippen LogP contribution in [0, 0.1) is 0 Å². The molecule has 2 rings (SSSR count). The van der Waals surface area contributed by atoms with Gasteiger partial charge in [-0.2, -0.15) is 15.0 Å². The molecular weight excluding hydrogens is 282 g/mol. The van der Waals surface area contributed by atoms with Crippen molar-refractivity contribution in [3.63, 3.8) is 0 Å². The first-order valence-corrected chi connectivity index (χ1v) is 7.15. The number of rotatable bonds is 6. The van der Waals surface area contributed by atoms with Crippen LogP contribution in [0.1, 0.15) is 13.8 Å². The third-order valence-corrected chi connectivity index (χ3v) is 3.01. The zero-order valence-electron chi connectivity index (χ0n) is 11.8. The second-order valence-electron chi connectivity index (χ2n) is 4.53. The molecule has 1 aliphatic heterocycles. The van der Waals surface area contributed by atoms with Gasteiger partial charge in [-0.15, -0.1) is 0 Å². The van der Waals surface area contributed by atoms with E-state index in [0.717, 1.165) is 13.1 Å². The molecule has 1 aromatic rings. The molecule has 1 unspecified atom stereocenters. The number of morpholine rings is 1. The van der Waals surface area contributed by atoms with Crippen molar-refractivity contribution in [2.24, 2.45) is 0 Å². The van der Waals surface area contributed by atoms with E-state index in [-0.39, 0.29) is 11.3 Å².